The lowest BCUT2D eigenvalue weighted by Gasteiger charge is -2.28. The number of aromatic nitrogens is 1. The molecule has 2 rings (SSSR count). The molecule has 2 aromatic rings. The molecule has 0 radical (unpaired) electrons. The fourth-order valence-electron chi connectivity index (χ4n) is 3.62. The van der Waals surface area contributed by atoms with Crippen molar-refractivity contribution in [1.29, 1.82) is 0 Å². The molecule has 0 aliphatic rings. The van der Waals surface area contributed by atoms with Gasteiger partial charge in [-0.25, -0.2) is 0 Å². The van der Waals surface area contributed by atoms with E-state index in [-0.39, 0.29) is 29.8 Å². The zero-order valence-electron chi connectivity index (χ0n) is 18.3. The van der Waals surface area contributed by atoms with E-state index < -0.39 is 5.41 Å². The Bertz CT molecular complexity index is 820. The molecular formula is C23H36N4O2. The van der Waals surface area contributed by atoms with Crippen LogP contribution in [0.15, 0.2) is 30.5 Å². The van der Waals surface area contributed by atoms with Crippen LogP contribution in [0.25, 0.3) is 10.9 Å². The molecule has 29 heavy (non-hydrogen) atoms. The highest BCUT2D eigenvalue weighted by molar-refractivity contribution is 5.90. The molecule has 5 N–H and O–H groups in total. The Morgan fingerprint density at radius 2 is 1.86 bits per heavy atom. The molecule has 0 aliphatic heterocycles. The van der Waals surface area contributed by atoms with Crippen LogP contribution in [0.4, 0.5) is 0 Å². The summed E-state index contributed by atoms with van der Waals surface area (Å²) in [5.74, 6) is -0.123. The Morgan fingerprint density at radius 1 is 1.17 bits per heavy atom. The number of nitrogens with two attached hydrogens (primary N) is 1. The van der Waals surface area contributed by atoms with E-state index in [0.29, 0.717) is 25.8 Å². The summed E-state index contributed by atoms with van der Waals surface area (Å²) in [4.78, 5) is 27.7. The third-order valence-corrected chi connectivity index (χ3v) is 5.07. The molecule has 160 valence electrons. The lowest BCUT2D eigenvalue weighted by Crippen LogP contribution is -2.50. The van der Waals surface area contributed by atoms with Crippen LogP contribution in [-0.4, -0.2) is 41.3 Å². The van der Waals surface area contributed by atoms with Crippen LogP contribution in [0.3, 0.4) is 0 Å². The maximum Gasteiger partial charge on any atom is 0.217 e. The van der Waals surface area contributed by atoms with Crippen molar-refractivity contribution in [3.8, 4) is 0 Å². The van der Waals surface area contributed by atoms with E-state index in [1.165, 1.54) is 0 Å². The summed E-state index contributed by atoms with van der Waals surface area (Å²) < 4.78 is 0. The maximum absolute atomic E-state index is 13.2. The van der Waals surface area contributed by atoms with Gasteiger partial charge in [0.15, 0.2) is 5.78 Å². The van der Waals surface area contributed by atoms with E-state index in [4.69, 9.17) is 5.73 Å². The van der Waals surface area contributed by atoms with Gasteiger partial charge < -0.3 is 21.4 Å². The van der Waals surface area contributed by atoms with Gasteiger partial charge in [-0.15, -0.1) is 0 Å². The SMILES string of the molecule is CC(C)N[C@@H](CCC(N)=O)CNC(Cc1c[nH]c2ccccc12)C(=O)C(C)(C)C. The van der Waals surface area contributed by atoms with Crippen LogP contribution < -0.4 is 16.4 Å². The number of hydrogen-bond acceptors (Lipinski definition) is 4. The highest BCUT2D eigenvalue weighted by atomic mass is 16.1. The topological polar surface area (TPSA) is 100 Å². The van der Waals surface area contributed by atoms with Crippen LogP contribution in [-0.2, 0) is 16.0 Å². The van der Waals surface area contributed by atoms with Crippen molar-refractivity contribution in [3.05, 3.63) is 36.0 Å². The largest absolute Gasteiger partial charge is 0.370 e. The quantitative estimate of drug-likeness (QED) is 0.466. The second-order valence-corrected chi connectivity index (χ2v) is 9.16. The number of carbonyl (C=O) groups is 2. The first-order valence-electron chi connectivity index (χ1n) is 10.4. The van der Waals surface area contributed by atoms with Gasteiger partial charge in [0.05, 0.1) is 6.04 Å². The summed E-state index contributed by atoms with van der Waals surface area (Å²) in [7, 11) is 0. The van der Waals surface area contributed by atoms with E-state index in [9.17, 15) is 9.59 Å². The molecule has 2 atom stereocenters. The standard InChI is InChI=1S/C23H36N4O2/c1-15(2)27-17(10-11-21(24)28)14-26-20(22(29)23(3,4)5)12-16-13-25-19-9-7-6-8-18(16)19/h6-9,13,15,17,20,25-27H,10-12,14H2,1-5H3,(H2,24,28)/t17-,20?/m0/s1. The summed E-state index contributed by atoms with van der Waals surface area (Å²) in [6.07, 6.45) is 3.58. The van der Waals surface area contributed by atoms with Crippen molar-refractivity contribution in [3.63, 3.8) is 0 Å². The molecule has 0 bridgehead atoms. The second kappa shape index (κ2) is 10.0. The number of carbonyl (C=O) groups excluding carboxylic acids is 2. The Morgan fingerprint density at radius 3 is 2.48 bits per heavy atom. The Hall–Kier alpha value is -2.18. The van der Waals surface area contributed by atoms with Crippen LogP contribution in [0, 0.1) is 5.41 Å². The smallest absolute Gasteiger partial charge is 0.217 e. The molecule has 1 heterocycles. The average molecular weight is 401 g/mol. The highest BCUT2D eigenvalue weighted by Gasteiger charge is 2.30. The molecule has 6 heteroatoms. The fraction of sp³-hybridized carbons (Fsp3) is 0.565. The van der Waals surface area contributed by atoms with Crippen molar-refractivity contribution in [1.82, 2.24) is 15.6 Å². The number of para-hydroxylation sites is 1. The molecule has 1 unspecified atom stereocenters. The van der Waals surface area contributed by atoms with Crippen molar-refractivity contribution in [2.45, 2.75) is 72.0 Å². The molecule has 1 aromatic heterocycles. The number of fused-ring (bicyclic) bond motifs is 1. The van der Waals surface area contributed by atoms with Crippen molar-refractivity contribution < 1.29 is 9.59 Å². The Labute approximate surface area is 174 Å². The van der Waals surface area contributed by atoms with Gasteiger partial charge in [0, 0.05) is 47.6 Å². The minimum Gasteiger partial charge on any atom is -0.370 e. The zero-order valence-corrected chi connectivity index (χ0v) is 18.3. The molecule has 1 amide bonds. The van der Waals surface area contributed by atoms with E-state index in [0.717, 1.165) is 16.5 Å². The number of ketones is 1. The first kappa shape index (κ1) is 23.1. The predicted octanol–water partition coefficient (Wildman–Crippen LogP) is 2.92. The van der Waals surface area contributed by atoms with Gasteiger partial charge >= 0.3 is 0 Å². The highest BCUT2D eigenvalue weighted by Crippen LogP contribution is 2.23. The van der Waals surface area contributed by atoms with Gasteiger partial charge in [-0.05, 0) is 24.5 Å². The van der Waals surface area contributed by atoms with Crippen molar-refractivity contribution in [2.24, 2.45) is 11.1 Å². The summed E-state index contributed by atoms with van der Waals surface area (Å²) in [5.41, 5.74) is 7.09. The number of benzene rings is 1. The predicted molar refractivity (Wildman–Crippen MR) is 119 cm³/mol. The summed E-state index contributed by atoms with van der Waals surface area (Å²) in [6, 6.07) is 8.18. The third-order valence-electron chi connectivity index (χ3n) is 5.07. The summed E-state index contributed by atoms with van der Waals surface area (Å²) in [5, 5.41) is 8.09. The molecule has 1 aromatic carbocycles. The van der Waals surface area contributed by atoms with Gasteiger partial charge in [-0.3, -0.25) is 9.59 Å². The monoisotopic (exact) mass is 400 g/mol. The Balaban J connectivity index is 2.16. The van der Waals surface area contributed by atoms with E-state index in [1.807, 2.05) is 45.2 Å². The van der Waals surface area contributed by atoms with Crippen molar-refractivity contribution in [2.75, 3.05) is 6.54 Å². The first-order valence-corrected chi connectivity index (χ1v) is 10.4. The van der Waals surface area contributed by atoms with E-state index >= 15 is 0 Å². The number of amides is 1. The minimum atomic E-state index is -0.446. The average Bonchev–Trinajstić information content (AvgIpc) is 3.04. The third kappa shape index (κ3) is 6.98. The van der Waals surface area contributed by atoms with Crippen LogP contribution >= 0.6 is 0 Å². The number of rotatable bonds is 11. The number of hydrogen-bond donors (Lipinski definition) is 4. The first-order chi connectivity index (χ1) is 13.6. The van der Waals surface area contributed by atoms with Gasteiger partial charge in [0.1, 0.15) is 0 Å². The lowest BCUT2D eigenvalue weighted by molar-refractivity contribution is -0.128. The van der Waals surface area contributed by atoms with Gasteiger partial charge in [-0.2, -0.15) is 0 Å². The summed E-state index contributed by atoms with van der Waals surface area (Å²) >= 11 is 0. The van der Waals surface area contributed by atoms with Gasteiger partial charge in [0.25, 0.3) is 0 Å². The lowest BCUT2D eigenvalue weighted by atomic mass is 9.84. The molecule has 0 saturated carbocycles. The van der Waals surface area contributed by atoms with Gasteiger partial charge in [0.2, 0.25) is 5.91 Å². The van der Waals surface area contributed by atoms with Crippen LogP contribution in [0.2, 0.25) is 0 Å². The number of aromatic amines is 1. The van der Waals surface area contributed by atoms with E-state index in [2.05, 4.69) is 35.5 Å². The number of primary amides is 1. The molecule has 0 fully saturated rings. The maximum atomic E-state index is 13.2. The molecule has 6 nitrogen and oxygen atoms in total. The second-order valence-electron chi connectivity index (χ2n) is 9.16. The molecular weight excluding hydrogens is 364 g/mol. The summed E-state index contributed by atoms with van der Waals surface area (Å²) in [6.45, 7) is 10.6. The molecule has 0 aliphatic carbocycles. The number of nitrogens with one attached hydrogen (secondary N) is 3. The van der Waals surface area contributed by atoms with Crippen molar-refractivity contribution >= 4 is 22.6 Å². The number of Topliss-reactive ketones (excluding diaryl/α,β-unsaturated/α-hetero) is 1. The normalized spacial score (nSPS) is 14.3. The fourth-order valence-corrected chi connectivity index (χ4v) is 3.62. The number of H-pyrrole nitrogens is 1. The molecule has 0 spiro atoms. The zero-order chi connectivity index (χ0) is 21.6. The van der Waals surface area contributed by atoms with Gasteiger partial charge in [-0.1, -0.05) is 52.8 Å². The van der Waals surface area contributed by atoms with Crippen LogP contribution in [0.5, 0.6) is 0 Å². The van der Waals surface area contributed by atoms with E-state index in [1.54, 1.807) is 0 Å². The minimum absolute atomic E-state index is 0.0701. The molecule has 0 saturated heterocycles. The van der Waals surface area contributed by atoms with Crippen LogP contribution in [0.1, 0.15) is 53.0 Å². The Kier molecular flexibility index (Phi) is 7.99.